The normalized spacial score (nSPS) is 34.8. The lowest BCUT2D eigenvalue weighted by atomic mass is 9.55. The van der Waals surface area contributed by atoms with Gasteiger partial charge in [0.2, 0.25) is 0 Å². The van der Waals surface area contributed by atoms with Crippen LogP contribution in [0.2, 0.25) is 0 Å². The summed E-state index contributed by atoms with van der Waals surface area (Å²) in [4.78, 5) is 26.1. The molecule has 0 amide bonds. The van der Waals surface area contributed by atoms with Crippen molar-refractivity contribution in [1.29, 1.82) is 0 Å². The van der Waals surface area contributed by atoms with Crippen LogP contribution >= 0.6 is 0 Å². The SMILES string of the molecule is C[C@]12CC[C@@H]3c4c(cc(O)cc4OC(=O)CCCCCCCCC(=O)Oc4cc(O)cc5c4[C@H]4CC[C@]6(C)[C@H](O)CC[C@H]6[C@@H]4CC5)CC[C@H]3[C@@H]1CC[C@H]2O. The molecular formula is C46H62O8. The van der Waals surface area contributed by atoms with Crippen LogP contribution in [-0.2, 0) is 22.4 Å². The summed E-state index contributed by atoms with van der Waals surface area (Å²) in [7, 11) is 0. The summed E-state index contributed by atoms with van der Waals surface area (Å²) < 4.78 is 12.0. The van der Waals surface area contributed by atoms with E-state index < -0.39 is 0 Å². The highest BCUT2D eigenvalue weighted by Gasteiger charge is 2.56. The fraction of sp³-hybridized carbons (Fsp3) is 0.696. The van der Waals surface area contributed by atoms with Crippen molar-refractivity contribution in [2.24, 2.45) is 34.5 Å². The number of aromatic hydroxyl groups is 2. The van der Waals surface area contributed by atoms with Crippen LogP contribution in [0.1, 0.15) is 164 Å². The van der Waals surface area contributed by atoms with E-state index in [1.54, 1.807) is 12.1 Å². The van der Waals surface area contributed by atoms with Gasteiger partial charge in [-0.2, -0.15) is 0 Å². The number of phenols is 2. The molecule has 0 spiro atoms. The van der Waals surface area contributed by atoms with Gasteiger partial charge in [0.15, 0.2) is 0 Å². The summed E-state index contributed by atoms with van der Waals surface area (Å²) in [6.07, 6.45) is 17.0. The third kappa shape index (κ3) is 6.86. The average molecular weight is 743 g/mol. The molecule has 2 aromatic carbocycles. The van der Waals surface area contributed by atoms with Gasteiger partial charge in [-0.25, -0.2) is 0 Å². The number of aryl methyl sites for hydroxylation is 2. The van der Waals surface area contributed by atoms with Gasteiger partial charge in [-0.1, -0.05) is 39.5 Å². The Hall–Kier alpha value is -3.10. The predicted molar refractivity (Wildman–Crippen MR) is 206 cm³/mol. The van der Waals surface area contributed by atoms with Crippen LogP contribution in [0.5, 0.6) is 23.0 Å². The molecule has 10 atom stereocenters. The predicted octanol–water partition coefficient (Wildman–Crippen LogP) is 9.16. The quantitative estimate of drug-likeness (QED) is 0.102. The Balaban J connectivity index is 0.776. The fourth-order valence-electron chi connectivity index (χ4n) is 13.0. The second kappa shape index (κ2) is 15.1. The Morgan fingerprint density at radius 1 is 0.593 bits per heavy atom. The molecule has 294 valence electrons. The van der Waals surface area contributed by atoms with Gasteiger partial charge in [-0.3, -0.25) is 9.59 Å². The number of carbonyl (C=O) groups is 2. The van der Waals surface area contributed by atoms with Crippen LogP contribution in [-0.4, -0.2) is 44.6 Å². The third-order valence-electron chi connectivity index (χ3n) is 15.9. The van der Waals surface area contributed by atoms with Gasteiger partial charge in [-0.15, -0.1) is 0 Å². The third-order valence-corrected chi connectivity index (χ3v) is 15.9. The number of aliphatic hydroxyl groups is 2. The van der Waals surface area contributed by atoms with Crippen molar-refractivity contribution < 1.29 is 39.5 Å². The van der Waals surface area contributed by atoms with Crippen LogP contribution < -0.4 is 9.47 Å². The van der Waals surface area contributed by atoms with Crippen molar-refractivity contribution in [3.05, 3.63) is 46.5 Å². The summed E-state index contributed by atoms with van der Waals surface area (Å²) in [5, 5.41) is 42.6. The molecule has 8 rings (SSSR count). The molecule has 0 saturated heterocycles. The second-order valence-electron chi connectivity index (χ2n) is 18.7. The molecule has 0 unspecified atom stereocenters. The molecule has 0 aromatic heterocycles. The Morgan fingerprint density at radius 2 is 1.00 bits per heavy atom. The molecule has 0 heterocycles. The van der Waals surface area contributed by atoms with E-state index in [1.165, 1.54) is 0 Å². The van der Waals surface area contributed by atoms with Gasteiger partial charge in [0.1, 0.15) is 23.0 Å². The van der Waals surface area contributed by atoms with Crippen molar-refractivity contribution >= 4 is 11.9 Å². The zero-order valence-electron chi connectivity index (χ0n) is 32.5. The molecule has 4 N–H and O–H groups in total. The minimum Gasteiger partial charge on any atom is -0.508 e. The summed E-state index contributed by atoms with van der Waals surface area (Å²) in [5.41, 5.74) is 4.38. The van der Waals surface area contributed by atoms with Crippen LogP contribution in [0.15, 0.2) is 24.3 Å². The second-order valence-corrected chi connectivity index (χ2v) is 18.7. The summed E-state index contributed by atoms with van der Waals surface area (Å²) in [6.45, 7) is 4.53. The van der Waals surface area contributed by atoms with E-state index in [4.69, 9.17) is 9.47 Å². The van der Waals surface area contributed by atoms with E-state index in [-0.39, 0.29) is 46.5 Å². The van der Waals surface area contributed by atoms with Gasteiger partial charge in [0.05, 0.1) is 12.2 Å². The number of fused-ring (bicyclic) bond motifs is 10. The Labute approximate surface area is 321 Å². The van der Waals surface area contributed by atoms with Crippen molar-refractivity contribution in [2.45, 2.75) is 166 Å². The first-order chi connectivity index (χ1) is 26.0. The number of carbonyl (C=O) groups excluding carboxylic acids is 2. The van der Waals surface area contributed by atoms with E-state index in [0.717, 1.165) is 138 Å². The molecule has 8 heteroatoms. The standard InChI is InChI=1S/C46H62O8/c1-45-21-19-33-31(35(45)15-17-39(45)49)13-11-27-23-29(47)25-37(43(27)33)53-41(51)9-7-5-3-4-6-8-10-42(52)54-38-26-30(48)24-28-12-14-32-34(44(28)38)20-22-46(2)36(32)16-18-40(46)50/h23-26,31-36,39-40,47-50H,3-22H2,1-2H3/t31-,32-,33+,34+,35+,36+,39-,40-,45+,46+/m1/s1. The van der Waals surface area contributed by atoms with Gasteiger partial charge in [0.25, 0.3) is 0 Å². The minimum absolute atomic E-state index is 0.0212. The van der Waals surface area contributed by atoms with E-state index in [1.807, 2.05) is 12.1 Å². The lowest BCUT2D eigenvalue weighted by Gasteiger charge is -2.50. The minimum atomic E-state index is -0.256. The molecule has 0 bridgehead atoms. The maximum absolute atomic E-state index is 13.1. The van der Waals surface area contributed by atoms with Gasteiger partial charge < -0.3 is 29.9 Å². The van der Waals surface area contributed by atoms with Crippen LogP contribution in [0.4, 0.5) is 0 Å². The van der Waals surface area contributed by atoms with Crippen molar-refractivity contribution in [3.8, 4) is 23.0 Å². The first kappa shape index (κ1) is 37.8. The molecule has 8 nitrogen and oxygen atoms in total. The highest BCUT2D eigenvalue weighted by Crippen LogP contribution is 2.63. The number of phenolic OH excluding ortho intramolecular Hbond substituents is 2. The first-order valence-corrected chi connectivity index (χ1v) is 21.5. The number of hydrogen-bond donors (Lipinski definition) is 4. The molecule has 0 aliphatic heterocycles. The van der Waals surface area contributed by atoms with E-state index in [2.05, 4.69) is 13.8 Å². The summed E-state index contributed by atoms with van der Waals surface area (Å²) in [5.74, 6) is 3.34. The van der Waals surface area contributed by atoms with E-state index >= 15 is 0 Å². The summed E-state index contributed by atoms with van der Waals surface area (Å²) >= 11 is 0. The highest BCUT2D eigenvalue weighted by molar-refractivity contribution is 5.74. The molecule has 6 aliphatic rings. The maximum Gasteiger partial charge on any atom is 0.311 e. The van der Waals surface area contributed by atoms with Gasteiger partial charge in [-0.05, 0) is 159 Å². The van der Waals surface area contributed by atoms with Gasteiger partial charge >= 0.3 is 11.9 Å². The zero-order chi connectivity index (χ0) is 37.8. The monoisotopic (exact) mass is 742 g/mol. The Bertz CT molecular complexity index is 1610. The number of aliphatic hydroxyl groups excluding tert-OH is 2. The lowest BCUT2D eigenvalue weighted by molar-refractivity contribution is -0.135. The van der Waals surface area contributed by atoms with Gasteiger partial charge in [0, 0.05) is 36.1 Å². The summed E-state index contributed by atoms with van der Waals surface area (Å²) in [6, 6.07) is 6.95. The number of rotatable bonds is 11. The average Bonchev–Trinajstić information content (AvgIpc) is 3.62. The number of hydrogen-bond acceptors (Lipinski definition) is 8. The molecule has 2 aromatic rings. The van der Waals surface area contributed by atoms with E-state index in [9.17, 15) is 30.0 Å². The first-order valence-electron chi connectivity index (χ1n) is 21.5. The van der Waals surface area contributed by atoms with Crippen LogP contribution in [0.25, 0.3) is 0 Å². The zero-order valence-corrected chi connectivity index (χ0v) is 32.5. The molecule has 0 radical (unpaired) electrons. The number of benzene rings is 2. The topological polar surface area (TPSA) is 134 Å². The number of esters is 2. The van der Waals surface area contributed by atoms with Crippen molar-refractivity contribution in [3.63, 3.8) is 0 Å². The Morgan fingerprint density at radius 3 is 1.43 bits per heavy atom. The smallest absolute Gasteiger partial charge is 0.311 e. The molecule has 4 saturated carbocycles. The van der Waals surface area contributed by atoms with Crippen molar-refractivity contribution in [1.82, 2.24) is 0 Å². The van der Waals surface area contributed by atoms with Crippen LogP contribution in [0.3, 0.4) is 0 Å². The van der Waals surface area contributed by atoms with E-state index in [0.29, 0.717) is 59.8 Å². The lowest BCUT2D eigenvalue weighted by Crippen LogP contribution is -2.44. The fourth-order valence-corrected chi connectivity index (χ4v) is 13.0. The molecule has 4 fully saturated rings. The molecule has 54 heavy (non-hydrogen) atoms. The largest absolute Gasteiger partial charge is 0.508 e. The maximum atomic E-state index is 13.1. The number of ether oxygens (including phenoxy) is 2. The van der Waals surface area contributed by atoms with Crippen molar-refractivity contribution in [2.75, 3.05) is 0 Å². The molecule has 6 aliphatic carbocycles. The number of unbranched alkanes of at least 4 members (excludes halogenated alkanes) is 5. The highest BCUT2D eigenvalue weighted by atomic mass is 16.5. The van der Waals surface area contributed by atoms with Crippen LogP contribution in [0, 0.1) is 34.5 Å². The Kier molecular flexibility index (Phi) is 10.6. The molecular weight excluding hydrogens is 680 g/mol.